The summed E-state index contributed by atoms with van der Waals surface area (Å²) >= 11 is 0. The zero-order valence-corrected chi connectivity index (χ0v) is 32.7. The van der Waals surface area contributed by atoms with Crippen LogP contribution in [0.5, 0.6) is 0 Å². The summed E-state index contributed by atoms with van der Waals surface area (Å²) in [7, 11) is 0. The number of rotatable bonds is 2. The summed E-state index contributed by atoms with van der Waals surface area (Å²) < 4.78 is 51.3. The Labute approximate surface area is 329 Å². The van der Waals surface area contributed by atoms with E-state index in [1.165, 1.54) is 0 Å². The zero-order chi connectivity index (χ0) is 39.4. The van der Waals surface area contributed by atoms with Gasteiger partial charge in [-0.3, -0.25) is 9.59 Å². The zero-order valence-electron chi connectivity index (χ0n) is 32.7. The van der Waals surface area contributed by atoms with Crippen LogP contribution in [0.2, 0.25) is 0 Å². The maximum Gasteiger partial charge on any atom is 0.308 e. The molecule has 0 aliphatic carbocycles. The Bertz CT molecular complexity index is 1460. The predicted molar refractivity (Wildman–Crippen MR) is 197 cm³/mol. The summed E-state index contributed by atoms with van der Waals surface area (Å²) in [6.45, 7) is 12.7. The van der Waals surface area contributed by atoms with Crippen molar-refractivity contribution in [3.8, 4) is 0 Å². The van der Waals surface area contributed by atoms with E-state index in [0.29, 0.717) is 38.5 Å². The van der Waals surface area contributed by atoms with Gasteiger partial charge < -0.3 is 58.3 Å². The molecule has 0 aromatic heterocycles. The second kappa shape index (κ2) is 17.0. The van der Waals surface area contributed by atoms with Gasteiger partial charge in [0.05, 0.1) is 79.7 Å². The minimum atomic E-state index is -1.13. The number of aliphatic hydroxyl groups is 4. The highest BCUT2D eigenvalue weighted by atomic mass is 16.6. The molecule has 0 radical (unpaired) electrons. The number of ether oxygens (including phenoxy) is 8. The molecule has 8 saturated heterocycles. The molecule has 8 rings (SSSR count). The quantitative estimate of drug-likeness (QED) is 0.236. The van der Waals surface area contributed by atoms with Gasteiger partial charge in [-0.2, -0.15) is 0 Å². The van der Waals surface area contributed by atoms with Crippen LogP contribution in [-0.4, -0.2) is 149 Å². The summed E-state index contributed by atoms with van der Waals surface area (Å²) in [4.78, 5) is 27.0. The first-order valence-electron chi connectivity index (χ1n) is 21.2. The van der Waals surface area contributed by atoms with E-state index in [1.807, 2.05) is 6.92 Å². The number of aliphatic hydroxyl groups excluding tert-OH is 4. The van der Waals surface area contributed by atoms with Crippen molar-refractivity contribution >= 4 is 11.8 Å². The first-order chi connectivity index (χ1) is 26.9. The molecule has 0 aromatic rings. The van der Waals surface area contributed by atoms with E-state index >= 15 is 0 Å². The molecule has 14 nitrogen and oxygen atoms in total. The number of hydrogen-bond acceptors (Lipinski definition) is 14. The van der Waals surface area contributed by atoms with Gasteiger partial charge in [-0.1, -0.05) is 27.0 Å². The molecule has 0 aromatic carbocycles. The van der Waals surface area contributed by atoms with E-state index in [4.69, 9.17) is 37.9 Å². The molecule has 20 atom stereocenters. The summed E-state index contributed by atoms with van der Waals surface area (Å²) in [5.74, 6) is -0.665. The van der Waals surface area contributed by atoms with Crippen LogP contribution in [0.25, 0.3) is 0 Å². The van der Waals surface area contributed by atoms with Gasteiger partial charge in [0.25, 0.3) is 0 Å². The van der Waals surface area contributed by atoms with Gasteiger partial charge in [0, 0.05) is 38.2 Å². The lowest BCUT2D eigenvalue weighted by atomic mass is 9.79. The highest BCUT2D eigenvalue weighted by Gasteiger charge is 2.57. The van der Waals surface area contributed by atoms with Crippen molar-refractivity contribution in [1.82, 2.24) is 0 Å². The van der Waals surface area contributed by atoms with Crippen molar-refractivity contribution in [2.45, 2.75) is 207 Å². The molecular formula is C42H62O14. The van der Waals surface area contributed by atoms with Crippen LogP contribution in [0, 0.1) is 11.8 Å². The molecule has 0 amide bonds. The fourth-order valence-corrected chi connectivity index (χ4v) is 10.8. The average Bonchev–Trinajstić information content (AvgIpc) is 3.68. The van der Waals surface area contributed by atoms with Crippen molar-refractivity contribution in [2.24, 2.45) is 11.8 Å². The molecule has 5 unspecified atom stereocenters. The molecule has 0 saturated carbocycles. The van der Waals surface area contributed by atoms with Gasteiger partial charge >= 0.3 is 5.97 Å². The summed E-state index contributed by atoms with van der Waals surface area (Å²) in [6, 6.07) is 0. The van der Waals surface area contributed by atoms with Crippen LogP contribution >= 0.6 is 0 Å². The van der Waals surface area contributed by atoms with Crippen LogP contribution in [0.3, 0.4) is 0 Å². The molecule has 14 heteroatoms. The fourth-order valence-electron chi connectivity index (χ4n) is 10.8. The molecule has 314 valence electrons. The third kappa shape index (κ3) is 8.32. The fraction of sp³-hybridized carbons (Fsp3) is 0.857. The van der Waals surface area contributed by atoms with Gasteiger partial charge in [0.2, 0.25) is 0 Å². The number of hydrogen-bond donors (Lipinski definition) is 4. The van der Waals surface area contributed by atoms with Gasteiger partial charge in [0.15, 0.2) is 0 Å². The first-order valence-corrected chi connectivity index (χ1v) is 21.2. The number of fused-ring (bicyclic) bond motifs is 8. The molecule has 56 heavy (non-hydrogen) atoms. The number of carbonyl (C=O) groups excluding carboxylic acids is 2. The Kier molecular flexibility index (Phi) is 12.5. The number of carbonyl (C=O) groups is 2. The topological polar surface area (TPSA) is 189 Å². The molecule has 8 heterocycles. The lowest BCUT2D eigenvalue weighted by Gasteiger charge is -2.51. The second-order valence-corrected chi connectivity index (χ2v) is 17.9. The van der Waals surface area contributed by atoms with Gasteiger partial charge in [0.1, 0.15) is 42.4 Å². The van der Waals surface area contributed by atoms with Crippen LogP contribution in [-0.2, 0) is 47.5 Å². The van der Waals surface area contributed by atoms with Crippen LogP contribution in [0.15, 0.2) is 24.3 Å². The predicted octanol–water partition coefficient (Wildman–Crippen LogP) is 2.38. The van der Waals surface area contributed by atoms with Crippen LogP contribution in [0.1, 0.15) is 97.3 Å². The lowest BCUT2D eigenvalue weighted by Crippen LogP contribution is -2.62. The number of ketones is 1. The van der Waals surface area contributed by atoms with Crippen molar-refractivity contribution < 1.29 is 67.9 Å². The highest BCUT2D eigenvalue weighted by molar-refractivity contribution is 5.79. The van der Waals surface area contributed by atoms with Gasteiger partial charge in [-0.15, -0.1) is 0 Å². The Morgan fingerprint density at radius 3 is 2.14 bits per heavy atom. The van der Waals surface area contributed by atoms with Crippen molar-refractivity contribution in [1.29, 1.82) is 0 Å². The third-order valence-corrected chi connectivity index (χ3v) is 14.0. The monoisotopic (exact) mass is 790 g/mol. The minimum absolute atomic E-state index is 0.00469. The van der Waals surface area contributed by atoms with Crippen LogP contribution < -0.4 is 0 Å². The highest BCUT2D eigenvalue weighted by Crippen LogP contribution is 2.44. The van der Waals surface area contributed by atoms with E-state index in [2.05, 4.69) is 20.1 Å². The Morgan fingerprint density at radius 2 is 1.34 bits per heavy atom. The van der Waals surface area contributed by atoms with E-state index in [-0.39, 0.29) is 74.3 Å². The smallest absolute Gasteiger partial charge is 0.308 e. The molecular weight excluding hydrogens is 728 g/mol. The molecule has 8 aliphatic rings. The Morgan fingerprint density at radius 1 is 0.625 bits per heavy atom. The molecule has 8 bridgehead atoms. The van der Waals surface area contributed by atoms with Crippen LogP contribution in [0.4, 0.5) is 0 Å². The van der Waals surface area contributed by atoms with E-state index < -0.39 is 91.4 Å². The standard InChI is InChI=1S/C42H62O14/c1-19-13-25-7-9-28-20(2)14-24(49-28)6-5-23(44)15-32-36(47)41-42(55-32)37(48)40-30(54-41)10-8-26(51-40)16-35(46)56-39-22(4)38-33(17-27(45)29(53-38)11-12-43)52-34(39)18-31(50-25)21(19)3/h19,22,24-34,36-43,45,47-48H,2-3,5-18H2,1,4H3/t19-,22+,24+,25+,26?,27?,28?,29-,30+,31-,32-,33+,34?,36+,37-,38+,39-,40?,41+,42+/m1/s1. The van der Waals surface area contributed by atoms with Crippen molar-refractivity contribution in [3.63, 3.8) is 0 Å². The average molecular weight is 791 g/mol. The number of esters is 1. The van der Waals surface area contributed by atoms with E-state index in [1.54, 1.807) is 0 Å². The van der Waals surface area contributed by atoms with Crippen molar-refractivity contribution in [3.05, 3.63) is 24.3 Å². The molecule has 4 N–H and O–H groups in total. The summed E-state index contributed by atoms with van der Waals surface area (Å²) in [5, 5.41) is 43.2. The van der Waals surface area contributed by atoms with E-state index in [0.717, 1.165) is 30.4 Å². The maximum atomic E-state index is 13.9. The summed E-state index contributed by atoms with van der Waals surface area (Å²) in [5.41, 5.74) is 1.97. The normalized spacial score (nSPS) is 50.5. The Balaban J connectivity index is 1.03. The molecule has 0 spiro atoms. The Hall–Kier alpha value is -1.82. The second-order valence-electron chi connectivity index (χ2n) is 17.9. The lowest BCUT2D eigenvalue weighted by molar-refractivity contribution is -0.275. The summed E-state index contributed by atoms with van der Waals surface area (Å²) in [6.07, 6.45) is -5.21. The SMILES string of the molecule is C=C1C[C@@H]2CCC(=O)C[C@H]3O[C@@H]4[C@@H](O[C@H]5CCC(CC(=O)O[C@H]6C(C[C@H]7O[C@@H](CCC1O2)C[C@@H](C)C7=C)O[C@H]1CC(O)[C@@H](CCO)O[C@H]1[C@@H]6C)OC5[C@H]4O)[C@H]3O. The number of Topliss-reactive ketones (excluding diaryl/α,β-unsaturated/α-hetero) is 1. The minimum Gasteiger partial charge on any atom is -0.459 e. The first kappa shape index (κ1) is 40.9. The maximum absolute atomic E-state index is 13.9. The molecule has 8 aliphatic heterocycles. The largest absolute Gasteiger partial charge is 0.459 e. The van der Waals surface area contributed by atoms with Gasteiger partial charge in [-0.05, 0) is 68.4 Å². The molecule has 8 fully saturated rings. The van der Waals surface area contributed by atoms with Crippen molar-refractivity contribution in [2.75, 3.05) is 6.61 Å². The van der Waals surface area contributed by atoms with E-state index in [9.17, 15) is 30.0 Å². The third-order valence-electron chi connectivity index (χ3n) is 14.0. The van der Waals surface area contributed by atoms with Gasteiger partial charge in [-0.25, -0.2) is 0 Å².